The molecule has 9 heteroatoms. The summed E-state index contributed by atoms with van der Waals surface area (Å²) in [6.07, 6.45) is 2.47. The maximum absolute atomic E-state index is 13.1. The quantitative estimate of drug-likeness (QED) is 0.536. The van der Waals surface area contributed by atoms with Crippen LogP contribution < -0.4 is 9.62 Å². The molecule has 0 aliphatic carbocycles. The van der Waals surface area contributed by atoms with E-state index in [1.165, 1.54) is 47.7 Å². The first kappa shape index (κ1) is 23.4. The van der Waals surface area contributed by atoms with Crippen molar-refractivity contribution in [1.29, 1.82) is 0 Å². The first-order valence-corrected chi connectivity index (χ1v) is 13.3. The van der Waals surface area contributed by atoms with Crippen LogP contribution in [0.5, 0.6) is 0 Å². The summed E-state index contributed by atoms with van der Waals surface area (Å²) in [5, 5.41) is 5.28. The van der Waals surface area contributed by atoms with Gasteiger partial charge in [-0.15, -0.1) is 11.3 Å². The Balaban J connectivity index is 1.44. The van der Waals surface area contributed by atoms with Crippen LogP contribution in [0.2, 0.25) is 0 Å². The highest BCUT2D eigenvalue weighted by atomic mass is 32.2. The van der Waals surface area contributed by atoms with Gasteiger partial charge in [0.2, 0.25) is 0 Å². The van der Waals surface area contributed by atoms with Crippen molar-refractivity contribution in [3.63, 3.8) is 0 Å². The van der Waals surface area contributed by atoms with Gasteiger partial charge in [-0.2, -0.15) is 0 Å². The summed E-state index contributed by atoms with van der Waals surface area (Å²) in [5.74, 6) is 0.308. The molecule has 1 aliphatic rings. The Hall–Kier alpha value is -2.75. The van der Waals surface area contributed by atoms with Crippen LogP contribution in [0.4, 0.5) is 10.8 Å². The minimum atomic E-state index is -3.80. The molecule has 1 saturated heterocycles. The van der Waals surface area contributed by atoms with Gasteiger partial charge in [-0.25, -0.2) is 13.4 Å². The molecule has 1 unspecified atom stereocenters. The number of carbonyl (C=O) groups excluding carboxylic acids is 1. The molecule has 2 heterocycles. The molecule has 0 spiro atoms. The number of aromatic nitrogens is 1. The fourth-order valence-electron chi connectivity index (χ4n) is 4.00. The minimum absolute atomic E-state index is 0.0561. The number of hydrogen-bond acceptors (Lipinski definition) is 6. The molecule has 3 aromatic rings. The van der Waals surface area contributed by atoms with E-state index in [1.807, 2.05) is 11.4 Å². The maximum Gasteiger partial charge on any atom is 0.264 e. The van der Waals surface area contributed by atoms with Gasteiger partial charge in [0.05, 0.1) is 16.3 Å². The molecular formula is C24H28N4O3S2. The number of carbonyl (C=O) groups is 1. The summed E-state index contributed by atoms with van der Waals surface area (Å²) in [5.41, 5.74) is 1.75. The van der Waals surface area contributed by atoms with E-state index >= 15 is 0 Å². The molecule has 174 valence electrons. The van der Waals surface area contributed by atoms with Crippen LogP contribution in [0.15, 0.2) is 64.9 Å². The van der Waals surface area contributed by atoms with Gasteiger partial charge in [0.25, 0.3) is 15.9 Å². The number of likely N-dealkylation sites (tertiary alicyclic amines) is 1. The lowest BCUT2D eigenvalue weighted by molar-refractivity contribution is 0.102. The molecule has 0 bridgehead atoms. The molecule has 1 amide bonds. The zero-order valence-corrected chi connectivity index (χ0v) is 20.4. The number of rotatable bonds is 7. The predicted molar refractivity (Wildman–Crippen MR) is 132 cm³/mol. The second kappa shape index (κ2) is 10.0. The standard InChI is InChI=1S/C24H28N4O3S2/c1-18-8-7-13-28(15-18)16-20-17-32-24(25-20)26-23(29)19-9-6-12-22(14-19)33(30,31)27(2)21-10-4-3-5-11-21/h3-6,9-12,14,17-18H,7-8,13,15-16H2,1-2H3,(H,25,26,29). The van der Waals surface area contributed by atoms with E-state index in [1.54, 1.807) is 36.4 Å². The summed E-state index contributed by atoms with van der Waals surface area (Å²) in [4.78, 5) is 19.8. The highest BCUT2D eigenvalue weighted by molar-refractivity contribution is 7.92. The van der Waals surface area contributed by atoms with Crippen molar-refractivity contribution in [2.24, 2.45) is 5.92 Å². The smallest absolute Gasteiger partial charge is 0.264 e. The number of nitrogens with zero attached hydrogens (tertiary/aromatic N) is 3. The average molecular weight is 485 g/mol. The summed E-state index contributed by atoms with van der Waals surface area (Å²) in [6, 6.07) is 14.9. The Morgan fingerprint density at radius 2 is 2.00 bits per heavy atom. The van der Waals surface area contributed by atoms with Gasteiger partial charge in [0.15, 0.2) is 5.13 Å². The number of thiazole rings is 1. The first-order chi connectivity index (χ1) is 15.8. The van der Waals surface area contributed by atoms with Gasteiger partial charge in [0.1, 0.15) is 0 Å². The Kier molecular flexibility index (Phi) is 7.11. The highest BCUT2D eigenvalue weighted by Gasteiger charge is 2.23. The van der Waals surface area contributed by atoms with Gasteiger partial charge < -0.3 is 0 Å². The normalized spacial score (nSPS) is 17.0. The summed E-state index contributed by atoms with van der Waals surface area (Å²) < 4.78 is 27.3. The number of piperidine rings is 1. The number of para-hydroxylation sites is 1. The van der Waals surface area contributed by atoms with Crippen molar-refractivity contribution in [2.45, 2.75) is 31.2 Å². The van der Waals surface area contributed by atoms with Crippen molar-refractivity contribution in [2.75, 3.05) is 29.8 Å². The molecule has 0 radical (unpaired) electrons. The number of nitrogens with one attached hydrogen (secondary N) is 1. The number of benzene rings is 2. The summed E-state index contributed by atoms with van der Waals surface area (Å²) in [7, 11) is -2.31. The van der Waals surface area contributed by atoms with Crippen molar-refractivity contribution >= 4 is 38.1 Å². The van der Waals surface area contributed by atoms with E-state index < -0.39 is 10.0 Å². The van der Waals surface area contributed by atoms with Crippen molar-refractivity contribution in [3.05, 3.63) is 71.2 Å². The van der Waals surface area contributed by atoms with Gasteiger partial charge >= 0.3 is 0 Å². The fourth-order valence-corrected chi connectivity index (χ4v) is 5.94. The molecule has 1 aliphatic heterocycles. The van der Waals surface area contributed by atoms with Gasteiger partial charge in [-0.1, -0.05) is 31.2 Å². The molecule has 1 N–H and O–H groups in total. The third-order valence-electron chi connectivity index (χ3n) is 5.77. The van der Waals surface area contributed by atoms with Crippen molar-refractivity contribution < 1.29 is 13.2 Å². The van der Waals surface area contributed by atoms with E-state index in [9.17, 15) is 13.2 Å². The van der Waals surface area contributed by atoms with Crippen molar-refractivity contribution in [1.82, 2.24) is 9.88 Å². The Morgan fingerprint density at radius 3 is 2.76 bits per heavy atom. The van der Waals surface area contributed by atoms with E-state index in [2.05, 4.69) is 22.1 Å². The summed E-state index contributed by atoms with van der Waals surface area (Å²) >= 11 is 1.38. The molecule has 33 heavy (non-hydrogen) atoms. The molecule has 1 atom stereocenters. The second-order valence-corrected chi connectivity index (χ2v) is 11.2. The third-order valence-corrected chi connectivity index (χ3v) is 8.36. The molecule has 0 saturated carbocycles. The Bertz CT molecular complexity index is 1210. The zero-order chi connectivity index (χ0) is 23.4. The van der Waals surface area contributed by atoms with Crippen LogP contribution in [0, 0.1) is 5.92 Å². The van der Waals surface area contributed by atoms with E-state index in [-0.39, 0.29) is 16.4 Å². The zero-order valence-electron chi connectivity index (χ0n) is 18.8. The number of sulfonamides is 1. The molecule has 7 nitrogen and oxygen atoms in total. The second-order valence-electron chi connectivity index (χ2n) is 8.42. The Morgan fingerprint density at radius 1 is 1.21 bits per heavy atom. The first-order valence-electron chi connectivity index (χ1n) is 10.9. The highest BCUT2D eigenvalue weighted by Crippen LogP contribution is 2.24. The van der Waals surface area contributed by atoms with Gasteiger partial charge in [-0.05, 0) is 55.6 Å². The van der Waals surface area contributed by atoms with Crippen LogP contribution in [-0.4, -0.2) is 44.3 Å². The van der Waals surface area contributed by atoms with E-state index in [0.717, 1.165) is 25.3 Å². The van der Waals surface area contributed by atoms with E-state index in [4.69, 9.17) is 0 Å². The summed E-state index contributed by atoms with van der Waals surface area (Å²) in [6.45, 7) is 5.18. The Labute approximate surface area is 199 Å². The molecule has 1 aromatic heterocycles. The lowest BCUT2D eigenvalue weighted by Crippen LogP contribution is -2.33. The monoisotopic (exact) mass is 484 g/mol. The topological polar surface area (TPSA) is 82.6 Å². The largest absolute Gasteiger partial charge is 0.298 e. The number of amides is 1. The van der Waals surface area contributed by atoms with Gasteiger partial charge in [0, 0.05) is 31.1 Å². The van der Waals surface area contributed by atoms with Crippen LogP contribution in [-0.2, 0) is 16.6 Å². The predicted octanol–water partition coefficient (Wildman–Crippen LogP) is 4.45. The number of anilines is 2. The minimum Gasteiger partial charge on any atom is -0.298 e. The average Bonchev–Trinajstić information content (AvgIpc) is 3.25. The van der Waals surface area contributed by atoms with Crippen LogP contribution >= 0.6 is 11.3 Å². The van der Waals surface area contributed by atoms with Crippen molar-refractivity contribution in [3.8, 4) is 0 Å². The van der Waals surface area contributed by atoms with Crippen LogP contribution in [0.1, 0.15) is 35.8 Å². The molecule has 1 fully saturated rings. The van der Waals surface area contributed by atoms with Crippen LogP contribution in [0.25, 0.3) is 0 Å². The number of hydrogen-bond donors (Lipinski definition) is 1. The lowest BCUT2D eigenvalue weighted by Gasteiger charge is -2.30. The van der Waals surface area contributed by atoms with Gasteiger partial charge in [-0.3, -0.25) is 19.3 Å². The molecule has 2 aromatic carbocycles. The maximum atomic E-state index is 13.1. The fraction of sp³-hybridized carbons (Fsp3) is 0.333. The van der Waals surface area contributed by atoms with E-state index in [0.29, 0.717) is 16.7 Å². The SMILES string of the molecule is CC1CCCN(Cc2csc(NC(=O)c3cccc(S(=O)(=O)N(C)c4ccccc4)c3)n2)C1. The third kappa shape index (κ3) is 5.61. The lowest BCUT2D eigenvalue weighted by atomic mass is 10.0. The molecular weight excluding hydrogens is 456 g/mol. The van der Waals surface area contributed by atoms with Crippen LogP contribution in [0.3, 0.4) is 0 Å². The molecule has 4 rings (SSSR count).